The number of carboxylic acids is 1. The van der Waals surface area contributed by atoms with Gasteiger partial charge in [0.05, 0.1) is 17.6 Å². The molecule has 0 saturated heterocycles. The number of carbonyl (C=O) groups excluding carboxylic acids is 2. The molecule has 6 nitrogen and oxygen atoms in total. The topological polar surface area (TPSA) is 95.5 Å². The van der Waals surface area contributed by atoms with E-state index >= 15 is 0 Å². The van der Waals surface area contributed by atoms with Crippen molar-refractivity contribution in [2.75, 3.05) is 18.8 Å². The summed E-state index contributed by atoms with van der Waals surface area (Å²) in [5.74, 6) is -1.71. The van der Waals surface area contributed by atoms with E-state index < -0.39 is 11.9 Å². The molecule has 0 bridgehead atoms. The maximum absolute atomic E-state index is 12.1. The maximum Gasteiger partial charge on any atom is 0.307 e. The molecular formula is C16H28N2O4S. The molecule has 1 fully saturated rings. The van der Waals surface area contributed by atoms with Gasteiger partial charge < -0.3 is 15.7 Å². The van der Waals surface area contributed by atoms with Gasteiger partial charge in [0, 0.05) is 13.1 Å². The van der Waals surface area contributed by atoms with Gasteiger partial charge in [-0.1, -0.05) is 25.7 Å². The van der Waals surface area contributed by atoms with Crippen LogP contribution in [0.5, 0.6) is 0 Å². The predicted octanol–water partition coefficient (Wildman–Crippen LogP) is 1.60. The van der Waals surface area contributed by atoms with Crippen molar-refractivity contribution < 1.29 is 19.5 Å². The number of rotatable bonds is 10. The molecule has 0 aromatic heterocycles. The fraction of sp³-hybridized carbons (Fsp3) is 0.812. The minimum atomic E-state index is -0.854. The van der Waals surface area contributed by atoms with Gasteiger partial charge in [-0.05, 0) is 25.7 Å². The van der Waals surface area contributed by atoms with Crippen LogP contribution in [0.15, 0.2) is 0 Å². The number of hydrogen-bond acceptors (Lipinski definition) is 4. The molecular weight excluding hydrogens is 316 g/mol. The summed E-state index contributed by atoms with van der Waals surface area (Å²) < 4.78 is 0. The molecule has 0 aromatic carbocycles. The van der Waals surface area contributed by atoms with Crippen molar-refractivity contribution in [3.63, 3.8) is 0 Å². The number of unbranched alkanes of at least 4 members (excludes halogenated alkanes) is 3. The highest BCUT2D eigenvalue weighted by Crippen LogP contribution is 2.30. The second-order valence-electron chi connectivity index (χ2n) is 6.05. The Kier molecular flexibility index (Phi) is 9.75. The third kappa shape index (κ3) is 7.72. The smallest absolute Gasteiger partial charge is 0.307 e. The van der Waals surface area contributed by atoms with Gasteiger partial charge in [0.2, 0.25) is 11.8 Å². The molecule has 3 N–H and O–H groups in total. The van der Waals surface area contributed by atoms with Gasteiger partial charge in [-0.25, -0.2) is 0 Å². The van der Waals surface area contributed by atoms with Crippen LogP contribution in [0.2, 0.25) is 0 Å². The first kappa shape index (κ1) is 19.8. The Morgan fingerprint density at radius 1 is 0.913 bits per heavy atom. The summed E-state index contributed by atoms with van der Waals surface area (Å²) in [6, 6.07) is 0. The van der Waals surface area contributed by atoms with E-state index in [1.54, 1.807) is 0 Å². The molecule has 2 atom stereocenters. The molecule has 1 aliphatic carbocycles. The number of amides is 2. The van der Waals surface area contributed by atoms with Crippen LogP contribution in [0.25, 0.3) is 0 Å². The van der Waals surface area contributed by atoms with E-state index in [1.807, 2.05) is 0 Å². The highest BCUT2D eigenvalue weighted by molar-refractivity contribution is 7.81. The summed E-state index contributed by atoms with van der Waals surface area (Å²) in [6.45, 7) is 1.25. The van der Waals surface area contributed by atoms with E-state index in [4.69, 9.17) is 0 Å². The highest BCUT2D eigenvalue weighted by atomic mass is 32.1. The molecule has 2 amide bonds. The molecule has 0 radical (unpaired) electrons. The van der Waals surface area contributed by atoms with Crippen molar-refractivity contribution in [2.24, 2.45) is 11.8 Å². The summed E-state index contributed by atoms with van der Waals surface area (Å²) in [5, 5.41) is 14.8. The molecule has 2 unspecified atom stereocenters. The summed E-state index contributed by atoms with van der Waals surface area (Å²) in [7, 11) is 0. The van der Waals surface area contributed by atoms with E-state index in [9.17, 15) is 19.5 Å². The summed E-state index contributed by atoms with van der Waals surface area (Å²) in [4.78, 5) is 34.3. The highest BCUT2D eigenvalue weighted by Gasteiger charge is 2.35. The van der Waals surface area contributed by atoms with Crippen LogP contribution in [0.3, 0.4) is 0 Å². The normalized spacial score (nSPS) is 20.7. The molecule has 0 aliphatic heterocycles. The molecule has 0 heterocycles. The summed E-state index contributed by atoms with van der Waals surface area (Å²) in [6.07, 6.45) is 6.85. The molecule has 0 spiro atoms. The minimum Gasteiger partial charge on any atom is -0.481 e. The molecule has 23 heavy (non-hydrogen) atoms. The second kappa shape index (κ2) is 11.3. The monoisotopic (exact) mass is 344 g/mol. The van der Waals surface area contributed by atoms with Gasteiger partial charge in [-0.15, -0.1) is 0 Å². The lowest BCUT2D eigenvalue weighted by molar-refractivity contribution is -0.148. The van der Waals surface area contributed by atoms with Crippen LogP contribution in [0.1, 0.15) is 51.4 Å². The Labute approximate surface area is 143 Å². The van der Waals surface area contributed by atoms with Crippen molar-refractivity contribution in [3.8, 4) is 0 Å². The van der Waals surface area contributed by atoms with E-state index in [0.29, 0.717) is 25.9 Å². The van der Waals surface area contributed by atoms with E-state index in [0.717, 1.165) is 38.5 Å². The molecule has 1 rings (SSSR count). The van der Waals surface area contributed by atoms with E-state index in [-0.39, 0.29) is 23.5 Å². The van der Waals surface area contributed by atoms with Crippen LogP contribution in [0, 0.1) is 11.8 Å². The number of nitrogens with one attached hydrogen (secondary N) is 2. The van der Waals surface area contributed by atoms with Crippen molar-refractivity contribution in [3.05, 3.63) is 0 Å². The molecule has 1 aliphatic rings. The Morgan fingerprint density at radius 2 is 1.48 bits per heavy atom. The Balaban J connectivity index is 2.09. The third-order valence-electron chi connectivity index (χ3n) is 4.29. The largest absolute Gasteiger partial charge is 0.481 e. The van der Waals surface area contributed by atoms with Gasteiger partial charge in [0.15, 0.2) is 0 Å². The van der Waals surface area contributed by atoms with Gasteiger partial charge >= 0.3 is 5.97 Å². The Hall–Kier alpha value is -1.24. The number of hydrogen-bond donors (Lipinski definition) is 4. The zero-order valence-corrected chi connectivity index (χ0v) is 14.4. The molecule has 0 aromatic rings. The quantitative estimate of drug-likeness (QED) is 0.358. The SMILES string of the molecule is O=C(CS)NCCCCCCNC(=O)C1CCCCC1C(=O)O. The van der Waals surface area contributed by atoms with Crippen molar-refractivity contribution in [1.82, 2.24) is 10.6 Å². The lowest BCUT2D eigenvalue weighted by atomic mass is 9.78. The lowest BCUT2D eigenvalue weighted by Gasteiger charge is -2.27. The van der Waals surface area contributed by atoms with Crippen LogP contribution in [0.4, 0.5) is 0 Å². The second-order valence-corrected chi connectivity index (χ2v) is 6.37. The van der Waals surface area contributed by atoms with Crippen molar-refractivity contribution in [1.29, 1.82) is 0 Å². The van der Waals surface area contributed by atoms with E-state index in [2.05, 4.69) is 23.3 Å². The first-order chi connectivity index (χ1) is 11.1. The third-order valence-corrected chi connectivity index (χ3v) is 4.58. The maximum atomic E-state index is 12.1. The molecule has 132 valence electrons. The Bertz CT molecular complexity index is 404. The zero-order chi connectivity index (χ0) is 17.1. The number of carboxylic acid groups (broad SMARTS) is 1. The first-order valence-corrected chi connectivity index (χ1v) is 9.07. The number of aliphatic carboxylic acids is 1. The average molecular weight is 344 g/mol. The standard InChI is InChI=1S/C16H28N2O4S/c19-14(11-23)17-9-5-1-2-6-10-18-15(20)12-7-3-4-8-13(12)16(21)22/h12-13,23H,1-11H2,(H,17,19)(H,18,20)(H,21,22). The van der Waals surface area contributed by atoms with Crippen LogP contribution in [-0.4, -0.2) is 41.7 Å². The zero-order valence-electron chi connectivity index (χ0n) is 13.6. The summed E-state index contributed by atoms with van der Waals surface area (Å²) in [5.41, 5.74) is 0. The fourth-order valence-corrected chi connectivity index (χ4v) is 3.08. The lowest BCUT2D eigenvalue weighted by Crippen LogP contribution is -2.40. The molecule has 1 saturated carbocycles. The fourth-order valence-electron chi connectivity index (χ4n) is 2.97. The van der Waals surface area contributed by atoms with Gasteiger partial charge in [-0.3, -0.25) is 14.4 Å². The first-order valence-electron chi connectivity index (χ1n) is 8.44. The summed E-state index contributed by atoms with van der Waals surface area (Å²) >= 11 is 3.88. The number of thiol groups is 1. The van der Waals surface area contributed by atoms with Crippen LogP contribution >= 0.6 is 12.6 Å². The number of carbonyl (C=O) groups is 3. The van der Waals surface area contributed by atoms with Gasteiger partial charge in [0.25, 0.3) is 0 Å². The van der Waals surface area contributed by atoms with Crippen LogP contribution < -0.4 is 10.6 Å². The predicted molar refractivity (Wildman–Crippen MR) is 91.4 cm³/mol. The van der Waals surface area contributed by atoms with Crippen LogP contribution in [-0.2, 0) is 14.4 Å². The average Bonchev–Trinajstić information content (AvgIpc) is 2.56. The minimum absolute atomic E-state index is 0.0546. The Morgan fingerprint density at radius 3 is 2.04 bits per heavy atom. The molecule has 7 heteroatoms. The van der Waals surface area contributed by atoms with Gasteiger partial charge in [-0.2, -0.15) is 12.6 Å². The van der Waals surface area contributed by atoms with E-state index in [1.165, 1.54) is 0 Å². The van der Waals surface area contributed by atoms with Crippen molar-refractivity contribution in [2.45, 2.75) is 51.4 Å². The van der Waals surface area contributed by atoms with Crippen molar-refractivity contribution >= 4 is 30.4 Å². The van der Waals surface area contributed by atoms with Gasteiger partial charge in [0.1, 0.15) is 0 Å².